The fourth-order valence-electron chi connectivity index (χ4n) is 1.44. The van der Waals surface area contributed by atoms with E-state index in [1.807, 2.05) is 0 Å². The third-order valence-electron chi connectivity index (χ3n) is 2.29. The van der Waals surface area contributed by atoms with Crippen molar-refractivity contribution in [3.05, 3.63) is 33.5 Å². The fourth-order valence-corrected chi connectivity index (χ4v) is 3.71. The molecule has 108 valence electrons. The topological polar surface area (TPSA) is 92.2 Å². The van der Waals surface area contributed by atoms with Crippen LogP contribution in [0.1, 0.15) is 10.6 Å². The molecule has 0 fully saturated rings. The van der Waals surface area contributed by atoms with Crippen molar-refractivity contribution in [2.24, 2.45) is 0 Å². The third-order valence-corrected chi connectivity index (χ3v) is 4.73. The maximum atomic E-state index is 14.0. The molecule has 1 aromatic heterocycles. The molecule has 0 unspecified atom stereocenters. The second-order valence-corrected chi connectivity index (χ2v) is 7.04. The molecule has 0 aliphatic rings. The summed E-state index contributed by atoms with van der Waals surface area (Å²) in [5.41, 5.74) is -0.202. The highest BCUT2D eigenvalue weighted by atomic mass is 35.5. The number of anilines is 1. The number of aryl methyl sites for hydroxylation is 1. The first-order chi connectivity index (χ1) is 9.33. The minimum Gasteiger partial charge on any atom is -0.392 e. The second kappa shape index (κ2) is 5.60. The van der Waals surface area contributed by atoms with E-state index in [0.29, 0.717) is 5.01 Å². The smallest absolute Gasteiger partial charge is 0.266 e. The minimum absolute atomic E-state index is 0.00395. The van der Waals surface area contributed by atoms with E-state index < -0.39 is 27.3 Å². The first-order valence-corrected chi connectivity index (χ1v) is 7.93. The zero-order valence-electron chi connectivity index (χ0n) is 10.1. The van der Waals surface area contributed by atoms with Crippen LogP contribution >= 0.6 is 22.9 Å². The van der Waals surface area contributed by atoms with E-state index in [9.17, 15) is 12.8 Å². The Morgan fingerprint density at radius 1 is 1.45 bits per heavy atom. The van der Waals surface area contributed by atoms with Gasteiger partial charge in [-0.05, 0) is 19.1 Å². The average molecular weight is 338 g/mol. The fraction of sp³-hybridized carbons (Fsp3) is 0.200. The Bertz CT molecular complexity index is 748. The normalized spacial score (nSPS) is 11.6. The molecule has 0 spiro atoms. The van der Waals surface area contributed by atoms with Crippen LogP contribution in [0.3, 0.4) is 0 Å². The lowest BCUT2D eigenvalue weighted by atomic mass is 10.2. The molecular formula is C10H9ClFN3O3S2. The Hall–Kier alpha value is -1.29. The van der Waals surface area contributed by atoms with Gasteiger partial charge in [0.2, 0.25) is 5.13 Å². The van der Waals surface area contributed by atoms with Crippen LogP contribution in [0, 0.1) is 12.7 Å². The summed E-state index contributed by atoms with van der Waals surface area (Å²) in [4.78, 5) is -0.651. The van der Waals surface area contributed by atoms with E-state index in [0.717, 1.165) is 23.5 Å². The summed E-state index contributed by atoms with van der Waals surface area (Å²) in [6.07, 6.45) is 0. The van der Waals surface area contributed by atoms with Crippen LogP contribution in [-0.4, -0.2) is 23.7 Å². The maximum absolute atomic E-state index is 14.0. The van der Waals surface area contributed by atoms with E-state index in [-0.39, 0.29) is 15.7 Å². The van der Waals surface area contributed by atoms with Gasteiger partial charge in [-0.3, -0.25) is 4.72 Å². The number of nitrogens with one attached hydrogen (secondary N) is 1. The van der Waals surface area contributed by atoms with Crippen molar-refractivity contribution in [1.82, 2.24) is 10.2 Å². The largest absolute Gasteiger partial charge is 0.392 e. The number of aliphatic hydroxyl groups is 1. The Morgan fingerprint density at radius 3 is 2.70 bits per heavy atom. The van der Waals surface area contributed by atoms with E-state index in [1.54, 1.807) is 6.92 Å². The SMILES string of the molecule is Cc1nnc(NS(=O)(=O)c2cc(Cl)cc(CO)c2F)s1. The number of hydrogen-bond acceptors (Lipinski definition) is 6. The van der Waals surface area contributed by atoms with Crippen LogP contribution in [0.2, 0.25) is 5.02 Å². The van der Waals surface area contributed by atoms with Crippen molar-refractivity contribution < 1.29 is 17.9 Å². The lowest BCUT2D eigenvalue weighted by Gasteiger charge is -2.09. The van der Waals surface area contributed by atoms with Gasteiger partial charge in [0.1, 0.15) is 15.7 Å². The van der Waals surface area contributed by atoms with Crippen molar-refractivity contribution in [3.8, 4) is 0 Å². The van der Waals surface area contributed by atoms with Crippen molar-refractivity contribution in [2.45, 2.75) is 18.4 Å². The van der Waals surface area contributed by atoms with E-state index in [1.165, 1.54) is 0 Å². The quantitative estimate of drug-likeness (QED) is 0.889. The first kappa shape index (κ1) is 15.1. The maximum Gasteiger partial charge on any atom is 0.266 e. The van der Waals surface area contributed by atoms with Gasteiger partial charge in [-0.1, -0.05) is 22.9 Å². The molecule has 1 aromatic carbocycles. The van der Waals surface area contributed by atoms with Gasteiger partial charge in [0.25, 0.3) is 10.0 Å². The number of sulfonamides is 1. The van der Waals surface area contributed by atoms with Gasteiger partial charge in [-0.2, -0.15) is 0 Å². The number of aliphatic hydroxyl groups excluding tert-OH is 1. The number of hydrogen-bond donors (Lipinski definition) is 2. The molecule has 2 N–H and O–H groups in total. The van der Waals surface area contributed by atoms with Crippen molar-refractivity contribution in [3.63, 3.8) is 0 Å². The highest BCUT2D eigenvalue weighted by Crippen LogP contribution is 2.26. The van der Waals surface area contributed by atoms with Crippen LogP contribution < -0.4 is 4.72 Å². The van der Waals surface area contributed by atoms with Gasteiger partial charge in [0.05, 0.1) is 6.61 Å². The summed E-state index contributed by atoms with van der Waals surface area (Å²) in [7, 11) is -4.20. The number of rotatable bonds is 4. The summed E-state index contributed by atoms with van der Waals surface area (Å²) in [5.74, 6) is -1.05. The molecule has 0 saturated heterocycles. The summed E-state index contributed by atoms with van der Waals surface area (Å²) < 4.78 is 40.3. The van der Waals surface area contributed by atoms with Gasteiger partial charge < -0.3 is 5.11 Å². The monoisotopic (exact) mass is 337 g/mol. The highest BCUT2D eigenvalue weighted by molar-refractivity contribution is 7.93. The second-order valence-electron chi connectivity index (χ2n) is 3.77. The standard InChI is InChI=1S/C10H9ClFN3O3S2/c1-5-13-14-10(19-5)15-20(17,18)8-3-7(11)2-6(4-16)9(8)12/h2-3,16H,4H2,1H3,(H,14,15). The molecule has 1 heterocycles. The molecule has 0 aliphatic heterocycles. The van der Waals surface area contributed by atoms with E-state index >= 15 is 0 Å². The molecule has 0 amide bonds. The molecule has 6 nitrogen and oxygen atoms in total. The first-order valence-electron chi connectivity index (χ1n) is 5.25. The van der Waals surface area contributed by atoms with Gasteiger partial charge in [-0.25, -0.2) is 12.8 Å². The molecule has 0 aliphatic carbocycles. The Morgan fingerprint density at radius 2 is 2.15 bits per heavy atom. The van der Waals surface area contributed by atoms with Crippen LogP contribution in [0.5, 0.6) is 0 Å². The predicted molar refractivity (Wildman–Crippen MR) is 72.8 cm³/mol. The van der Waals surface area contributed by atoms with Crippen molar-refractivity contribution >= 4 is 38.1 Å². The summed E-state index contributed by atoms with van der Waals surface area (Å²) in [6.45, 7) is 0.992. The molecular weight excluding hydrogens is 329 g/mol. The highest BCUT2D eigenvalue weighted by Gasteiger charge is 2.23. The van der Waals surface area contributed by atoms with Gasteiger partial charge >= 0.3 is 0 Å². The number of aromatic nitrogens is 2. The third kappa shape index (κ3) is 3.06. The van der Waals surface area contributed by atoms with Crippen LogP contribution in [0.15, 0.2) is 17.0 Å². The zero-order chi connectivity index (χ0) is 14.9. The molecule has 0 saturated carbocycles. The summed E-state index contributed by atoms with van der Waals surface area (Å²) in [5, 5.41) is 16.8. The average Bonchev–Trinajstić information content (AvgIpc) is 2.76. The molecule has 0 atom stereocenters. The van der Waals surface area contributed by atoms with Crippen molar-refractivity contribution in [1.29, 1.82) is 0 Å². The Kier molecular flexibility index (Phi) is 4.23. The molecule has 0 radical (unpaired) electrons. The molecule has 2 rings (SSSR count). The van der Waals surface area contributed by atoms with E-state index in [2.05, 4.69) is 14.9 Å². The van der Waals surface area contributed by atoms with Crippen LogP contribution in [0.4, 0.5) is 9.52 Å². The lowest BCUT2D eigenvalue weighted by molar-refractivity contribution is 0.274. The zero-order valence-corrected chi connectivity index (χ0v) is 12.5. The predicted octanol–water partition coefficient (Wildman–Crippen LogP) is 1.93. The molecule has 0 bridgehead atoms. The minimum atomic E-state index is -4.20. The number of halogens is 2. The molecule has 2 aromatic rings. The van der Waals surface area contributed by atoms with Crippen LogP contribution in [0.25, 0.3) is 0 Å². The lowest BCUT2D eigenvalue weighted by Crippen LogP contribution is -2.15. The van der Waals surface area contributed by atoms with Gasteiger partial charge in [0.15, 0.2) is 0 Å². The number of nitrogens with zero attached hydrogens (tertiary/aromatic N) is 2. The Labute approximate surface area is 123 Å². The Balaban J connectivity index is 2.46. The summed E-state index contributed by atoms with van der Waals surface area (Å²) in [6, 6.07) is 2.12. The van der Waals surface area contributed by atoms with Gasteiger partial charge in [0, 0.05) is 10.6 Å². The summed E-state index contributed by atoms with van der Waals surface area (Å²) >= 11 is 6.73. The molecule has 10 heteroatoms. The van der Waals surface area contributed by atoms with Crippen LogP contribution in [-0.2, 0) is 16.6 Å². The van der Waals surface area contributed by atoms with Crippen molar-refractivity contribution in [2.75, 3.05) is 4.72 Å². The van der Waals surface area contributed by atoms with Gasteiger partial charge in [-0.15, -0.1) is 10.2 Å². The van der Waals surface area contributed by atoms with E-state index in [4.69, 9.17) is 16.7 Å². The molecule has 20 heavy (non-hydrogen) atoms. The number of benzene rings is 1.